The predicted octanol–water partition coefficient (Wildman–Crippen LogP) is 1.85. The molecule has 1 aliphatic rings. The average molecular weight is 539 g/mol. The van der Waals surface area contributed by atoms with Gasteiger partial charge >= 0.3 is 0 Å². The second kappa shape index (κ2) is 9.34. The van der Waals surface area contributed by atoms with Crippen molar-refractivity contribution in [1.29, 1.82) is 0 Å². The van der Waals surface area contributed by atoms with E-state index in [2.05, 4.69) is 20.4 Å². The maximum absolute atomic E-state index is 13.5. The summed E-state index contributed by atoms with van der Waals surface area (Å²) in [5.74, 6) is -2.56. The quantitative estimate of drug-likeness (QED) is 0.379. The number of halogens is 2. The summed E-state index contributed by atoms with van der Waals surface area (Å²) in [7, 11) is 0. The maximum Gasteiger partial charge on any atom is 0.280 e. The molecule has 5 heterocycles. The van der Waals surface area contributed by atoms with Gasteiger partial charge in [-0.25, -0.2) is 9.37 Å². The van der Waals surface area contributed by atoms with Crippen LogP contribution < -0.4 is 16.6 Å². The van der Waals surface area contributed by atoms with Crippen LogP contribution in [-0.4, -0.2) is 52.8 Å². The second-order valence-electron chi connectivity index (χ2n) is 8.84. The molecule has 4 aromatic rings. The molecule has 0 saturated carbocycles. The van der Waals surface area contributed by atoms with E-state index in [0.717, 1.165) is 16.8 Å². The fourth-order valence-corrected chi connectivity index (χ4v) is 4.45. The molecule has 0 fully saturated rings. The van der Waals surface area contributed by atoms with Gasteiger partial charge in [0.25, 0.3) is 17.4 Å². The number of amides is 3. The zero-order chi connectivity index (χ0) is 27.3. The van der Waals surface area contributed by atoms with E-state index in [1.165, 1.54) is 33.9 Å². The Morgan fingerprint density at radius 1 is 1.16 bits per heavy atom. The summed E-state index contributed by atoms with van der Waals surface area (Å²) in [6.45, 7) is 3.10. The summed E-state index contributed by atoms with van der Waals surface area (Å²) < 4.78 is 15.5. The topological polar surface area (TPSA) is 158 Å². The van der Waals surface area contributed by atoms with Crippen molar-refractivity contribution in [3.63, 3.8) is 0 Å². The molecule has 5 rings (SSSR count). The summed E-state index contributed by atoms with van der Waals surface area (Å²) >= 11 is 5.98. The third-order valence-electron chi connectivity index (χ3n) is 6.05. The average Bonchev–Trinajstić information content (AvgIpc) is 3.43. The third-order valence-corrected chi connectivity index (χ3v) is 6.28. The summed E-state index contributed by atoms with van der Waals surface area (Å²) in [6, 6.07) is 5.18. The van der Waals surface area contributed by atoms with Gasteiger partial charge in [-0.15, -0.1) is 0 Å². The Hall–Kier alpha value is -4.65. The molecule has 0 aromatic carbocycles. The molecule has 14 heteroatoms. The lowest BCUT2D eigenvalue weighted by Crippen LogP contribution is -2.32. The normalized spacial score (nSPS) is 12.9. The first-order chi connectivity index (χ1) is 18.1. The first-order valence-corrected chi connectivity index (χ1v) is 11.8. The van der Waals surface area contributed by atoms with E-state index in [1.54, 1.807) is 13.8 Å². The number of primary amides is 1. The summed E-state index contributed by atoms with van der Waals surface area (Å²) in [4.78, 5) is 62.1. The first-order valence-electron chi connectivity index (χ1n) is 11.4. The molecule has 194 valence electrons. The number of aromatic nitrogens is 5. The highest BCUT2D eigenvalue weighted by molar-refractivity contribution is 6.30. The molecule has 0 atom stereocenters. The molecule has 1 aliphatic heterocycles. The van der Waals surface area contributed by atoms with Crippen LogP contribution in [0.3, 0.4) is 0 Å². The Balaban J connectivity index is 1.77. The number of carbonyl (C=O) groups is 3. The largest absolute Gasteiger partial charge is 0.364 e. The highest BCUT2D eigenvalue weighted by atomic mass is 35.5. The van der Waals surface area contributed by atoms with E-state index in [-0.39, 0.29) is 52.3 Å². The number of nitrogens with one attached hydrogen (secondary N) is 1. The fourth-order valence-electron chi connectivity index (χ4n) is 4.34. The SMILES string of the molecule is CC(C)N1Cc2c(n(CC(=O)Nc3ccc(F)cn3)c3c(-c4ccc(Cl)cn4)c(C(N)=O)nn3c2=O)C1=O. The van der Waals surface area contributed by atoms with E-state index in [4.69, 9.17) is 17.3 Å². The minimum absolute atomic E-state index is 0.0119. The van der Waals surface area contributed by atoms with Crippen LogP contribution in [0.2, 0.25) is 5.02 Å². The first kappa shape index (κ1) is 25.0. The van der Waals surface area contributed by atoms with E-state index in [0.29, 0.717) is 5.02 Å². The van der Waals surface area contributed by atoms with Crippen molar-refractivity contribution in [2.24, 2.45) is 5.73 Å². The molecule has 4 aromatic heterocycles. The van der Waals surface area contributed by atoms with Crippen molar-refractivity contribution in [3.05, 3.63) is 74.8 Å². The number of hydrogen-bond donors (Lipinski definition) is 2. The standard InChI is InChI=1S/C24H20ClFN8O4/c1-11(2)32-9-14-20(24(32)38)33(10-17(35)30-16-6-4-13(26)8-29-16)22-18(15-5-3-12(25)7-28-15)19(21(27)36)31-34(22)23(14)37/h3-8,11H,9-10H2,1-2H3,(H2,27,36)(H,29,30,35). The van der Waals surface area contributed by atoms with Crippen LogP contribution in [0.25, 0.3) is 16.9 Å². The van der Waals surface area contributed by atoms with Gasteiger partial charge in [-0.05, 0) is 38.1 Å². The van der Waals surface area contributed by atoms with E-state index >= 15 is 0 Å². The van der Waals surface area contributed by atoms with Crippen LogP contribution in [0.15, 0.2) is 41.5 Å². The minimum Gasteiger partial charge on any atom is -0.364 e. The van der Waals surface area contributed by atoms with E-state index in [1.807, 2.05) is 0 Å². The molecule has 3 N–H and O–H groups in total. The zero-order valence-corrected chi connectivity index (χ0v) is 20.9. The maximum atomic E-state index is 13.5. The van der Waals surface area contributed by atoms with Gasteiger partial charge in [0.05, 0.1) is 34.6 Å². The number of pyridine rings is 2. The number of fused-ring (bicyclic) bond motifs is 2. The molecule has 12 nitrogen and oxygen atoms in total. The van der Waals surface area contributed by atoms with Gasteiger partial charge in [0.15, 0.2) is 11.3 Å². The Morgan fingerprint density at radius 2 is 1.92 bits per heavy atom. The summed E-state index contributed by atoms with van der Waals surface area (Å²) in [5.41, 5.74) is 4.99. The van der Waals surface area contributed by atoms with E-state index < -0.39 is 35.6 Å². The van der Waals surface area contributed by atoms with Crippen molar-refractivity contribution in [3.8, 4) is 11.3 Å². The number of nitrogens with zero attached hydrogens (tertiary/aromatic N) is 6. The monoisotopic (exact) mass is 538 g/mol. The summed E-state index contributed by atoms with van der Waals surface area (Å²) in [5, 5.41) is 7.02. The number of rotatable bonds is 6. The van der Waals surface area contributed by atoms with Gasteiger partial charge in [-0.3, -0.25) is 24.2 Å². The lowest BCUT2D eigenvalue weighted by Gasteiger charge is -2.20. The van der Waals surface area contributed by atoms with Crippen molar-refractivity contribution < 1.29 is 18.8 Å². The Kier molecular flexibility index (Phi) is 6.15. The number of anilines is 1. The smallest absolute Gasteiger partial charge is 0.280 e. The lowest BCUT2D eigenvalue weighted by atomic mass is 10.1. The molecule has 0 bridgehead atoms. The second-order valence-corrected chi connectivity index (χ2v) is 9.28. The van der Waals surface area contributed by atoms with Gasteiger partial charge < -0.3 is 20.5 Å². The van der Waals surface area contributed by atoms with Crippen molar-refractivity contribution in [2.45, 2.75) is 33.0 Å². The number of hydrogen-bond acceptors (Lipinski definition) is 7. The van der Waals surface area contributed by atoms with E-state index in [9.17, 15) is 23.6 Å². The van der Waals surface area contributed by atoms with Crippen LogP contribution >= 0.6 is 11.6 Å². The van der Waals surface area contributed by atoms with Gasteiger partial charge in [0, 0.05) is 12.2 Å². The Bertz CT molecular complexity index is 1680. The van der Waals surface area contributed by atoms with Crippen molar-refractivity contribution in [2.75, 3.05) is 5.32 Å². The highest BCUT2D eigenvalue weighted by Crippen LogP contribution is 2.31. The number of nitrogens with two attached hydrogens (primary N) is 1. The number of carbonyl (C=O) groups excluding carboxylic acids is 3. The molecule has 0 radical (unpaired) electrons. The molecule has 38 heavy (non-hydrogen) atoms. The molecular weight excluding hydrogens is 519 g/mol. The Labute approximate surface area is 218 Å². The van der Waals surface area contributed by atoms with Gasteiger partial charge in [0.2, 0.25) is 5.91 Å². The van der Waals surface area contributed by atoms with Crippen LogP contribution in [0.1, 0.15) is 40.4 Å². The minimum atomic E-state index is -0.943. The fraction of sp³-hybridized carbons (Fsp3) is 0.208. The molecule has 3 amide bonds. The zero-order valence-electron chi connectivity index (χ0n) is 20.1. The van der Waals surface area contributed by atoms with Gasteiger partial charge in [-0.1, -0.05) is 11.6 Å². The molecular formula is C24H20ClFN8O4. The predicted molar refractivity (Wildman–Crippen MR) is 134 cm³/mol. The highest BCUT2D eigenvalue weighted by Gasteiger charge is 2.38. The van der Waals surface area contributed by atoms with Crippen LogP contribution in [0.5, 0.6) is 0 Å². The Morgan fingerprint density at radius 3 is 2.53 bits per heavy atom. The van der Waals surface area contributed by atoms with Crippen molar-refractivity contribution in [1.82, 2.24) is 29.0 Å². The third kappa shape index (κ3) is 4.16. The molecule has 0 aliphatic carbocycles. The lowest BCUT2D eigenvalue weighted by molar-refractivity contribution is -0.116. The molecule has 0 unspecified atom stereocenters. The van der Waals surface area contributed by atoms with Crippen molar-refractivity contribution >= 4 is 40.8 Å². The molecule has 0 spiro atoms. The summed E-state index contributed by atoms with van der Waals surface area (Å²) in [6.07, 6.45) is 2.27. The van der Waals surface area contributed by atoms with Gasteiger partial charge in [0.1, 0.15) is 23.9 Å². The van der Waals surface area contributed by atoms with Crippen LogP contribution in [-0.2, 0) is 17.9 Å². The van der Waals surface area contributed by atoms with Crippen LogP contribution in [0, 0.1) is 5.82 Å². The van der Waals surface area contributed by atoms with Gasteiger partial charge in [-0.2, -0.15) is 9.61 Å². The molecule has 0 saturated heterocycles. The van der Waals surface area contributed by atoms with Crippen LogP contribution in [0.4, 0.5) is 10.2 Å².